The molecular formula is CH8N2O4S2Se. The van der Waals surface area contributed by atoms with Gasteiger partial charge in [0.1, 0.15) is 0 Å². The second-order valence-corrected chi connectivity index (χ2v) is 12.0. The van der Waals surface area contributed by atoms with E-state index < -0.39 is 29.6 Å². The fourth-order valence-corrected chi connectivity index (χ4v) is 6.18. The van der Waals surface area contributed by atoms with Crippen molar-refractivity contribution >= 4 is 29.6 Å². The van der Waals surface area contributed by atoms with Gasteiger partial charge in [0.05, 0.1) is 0 Å². The minimum absolute atomic E-state index is 0. The van der Waals surface area contributed by atoms with E-state index in [4.69, 9.17) is 0 Å². The van der Waals surface area contributed by atoms with Crippen LogP contribution in [0.15, 0.2) is 0 Å². The minimum atomic E-state index is -3.93. The van der Waals surface area contributed by atoms with Crippen LogP contribution in [0.1, 0.15) is 7.43 Å². The van der Waals surface area contributed by atoms with Crippen LogP contribution in [0.2, 0.25) is 0 Å². The van der Waals surface area contributed by atoms with Crippen molar-refractivity contribution < 1.29 is 16.8 Å². The Kier molecular flexibility index (Phi) is 4.73. The number of rotatable bonds is 2. The van der Waals surface area contributed by atoms with Gasteiger partial charge < -0.3 is 0 Å². The molecule has 0 rings (SSSR count). The Morgan fingerprint density at radius 3 is 1.10 bits per heavy atom. The van der Waals surface area contributed by atoms with Crippen molar-refractivity contribution in [2.45, 2.75) is 7.43 Å². The van der Waals surface area contributed by atoms with Crippen LogP contribution in [0.3, 0.4) is 0 Å². The summed E-state index contributed by atoms with van der Waals surface area (Å²) < 4.78 is 40.0. The van der Waals surface area contributed by atoms with Crippen molar-refractivity contribution in [3.63, 3.8) is 0 Å². The van der Waals surface area contributed by atoms with Gasteiger partial charge in [-0.25, -0.2) is 0 Å². The summed E-state index contributed by atoms with van der Waals surface area (Å²) in [7, 11) is -7.86. The summed E-state index contributed by atoms with van der Waals surface area (Å²) in [5, 5.41) is 8.72. The Hall–Kier alpha value is 0.339. The van der Waals surface area contributed by atoms with E-state index in [1.807, 2.05) is 0 Å². The molecule has 0 aliphatic carbocycles. The monoisotopic (exact) mass is 256 g/mol. The molecule has 4 N–H and O–H groups in total. The summed E-state index contributed by atoms with van der Waals surface area (Å²) in [5.41, 5.74) is 0. The van der Waals surface area contributed by atoms with E-state index in [2.05, 4.69) is 10.3 Å². The molecule has 10 heavy (non-hydrogen) atoms. The third kappa shape index (κ3) is 11.2. The Morgan fingerprint density at radius 2 is 1.10 bits per heavy atom. The molecule has 0 radical (unpaired) electrons. The van der Waals surface area contributed by atoms with Crippen LogP contribution in [-0.4, -0.2) is 29.6 Å². The Balaban J connectivity index is 0. The van der Waals surface area contributed by atoms with Crippen LogP contribution in [0.25, 0.3) is 0 Å². The average Bonchev–Trinajstić information content (AvgIpc) is 1.14. The van der Waals surface area contributed by atoms with Gasteiger partial charge in [-0.3, -0.25) is 0 Å². The van der Waals surface area contributed by atoms with E-state index in [1.54, 1.807) is 0 Å². The molecule has 0 aromatic carbocycles. The Labute approximate surface area is 64.4 Å². The summed E-state index contributed by atoms with van der Waals surface area (Å²) >= 11 is -1.75. The molecule has 0 aromatic rings. The van der Waals surface area contributed by atoms with Crippen molar-refractivity contribution in [1.82, 2.24) is 0 Å². The summed E-state index contributed by atoms with van der Waals surface area (Å²) in [6.45, 7) is 0. The van der Waals surface area contributed by atoms with Crippen LogP contribution in [0.4, 0.5) is 0 Å². The second kappa shape index (κ2) is 3.65. The van der Waals surface area contributed by atoms with Gasteiger partial charge in [-0.15, -0.1) is 0 Å². The van der Waals surface area contributed by atoms with Gasteiger partial charge in [0.25, 0.3) is 0 Å². The topological polar surface area (TPSA) is 120 Å². The first kappa shape index (κ1) is 13.0. The van der Waals surface area contributed by atoms with Gasteiger partial charge in [0.2, 0.25) is 0 Å². The van der Waals surface area contributed by atoms with Gasteiger partial charge >= 0.3 is 56.7 Å². The molecule has 0 aliphatic rings. The van der Waals surface area contributed by atoms with Crippen molar-refractivity contribution in [3.05, 3.63) is 0 Å². The molecule has 0 heterocycles. The summed E-state index contributed by atoms with van der Waals surface area (Å²) in [6, 6.07) is 0. The van der Waals surface area contributed by atoms with Crippen molar-refractivity contribution in [1.29, 1.82) is 0 Å². The molecule has 64 valence electrons. The van der Waals surface area contributed by atoms with E-state index in [0.717, 1.165) is 0 Å². The van der Waals surface area contributed by atoms with Crippen LogP contribution in [0.5, 0.6) is 0 Å². The molecule has 0 unspecified atom stereocenters. The van der Waals surface area contributed by atoms with Crippen molar-refractivity contribution in [3.8, 4) is 0 Å². The molecule has 0 aromatic heterocycles. The molecule has 0 spiro atoms. The Bertz CT molecular complexity index is 246. The van der Waals surface area contributed by atoms with Crippen LogP contribution in [-0.2, 0) is 16.9 Å². The molecular weight excluding hydrogens is 247 g/mol. The molecule has 9 heteroatoms. The third-order valence-electron chi connectivity index (χ3n) is 0.190. The van der Waals surface area contributed by atoms with Gasteiger partial charge in [0, 0.05) is 0 Å². The maximum absolute atomic E-state index is 9.99. The summed E-state index contributed by atoms with van der Waals surface area (Å²) in [6.07, 6.45) is 0. The third-order valence-corrected chi connectivity index (χ3v) is 8.87. The zero-order chi connectivity index (χ0) is 7.71. The molecule has 0 amide bonds. The SMILES string of the molecule is C.NS(=O)(=O)[Se]S(N)(=O)=O. The maximum atomic E-state index is 9.99. The number of hydrogen-bond acceptors (Lipinski definition) is 4. The van der Waals surface area contributed by atoms with Gasteiger partial charge in [0.15, 0.2) is 0 Å². The van der Waals surface area contributed by atoms with Crippen LogP contribution in [0, 0.1) is 0 Å². The normalized spacial score (nSPS) is 12.2. The van der Waals surface area contributed by atoms with E-state index in [1.165, 1.54) is 0 Å². The quantitative estimate of drug-likeness (QED) is 0.540. The molecule has 6 nitrogen and oxygen atoms in total. The number of hydrogen-bond donors (Lipinski definition) is 2. The van der Waals surface area contributed by atoms with Gasteiger partial charge in [-0.1, -0.05) is 7.43 Å². The first-order valence-corrected chi connectivity index (χ1v) is 8.61. The van der Waals surface area contributed by atoms with Crippen molar-refractivity contribution in [2.75, 3.05) is 0 Å². The summed E-state index contributed by atoms with van der Waals surface area (Å²) in [4.78, 5) is 0. The average molecular weight is 255 g/mol. The van der Waals surface area contributed by atoms with Gasteiger partial charge in [-0.05, 0) is 0 Å². The molecule has 0 saturated carbocycles. The molecule has 0 fully saturated rings. The first-order chi connectivity index (χ1) is 3.71. The zero-order valence-electron chi connectivity index (χ0n) is 4.01. The first-order valence-electron chi connectivity index (χ1n) is 1.47. The fourth-order valence-electron chi connectivity index (χ4n) is 0.132. The van der Waals surface area contributed by atoms with Crippen LogP contribution >= 0.6 is 0 Å². The summed E-state index contributed by atoms with van der Waals surface area (Å²) in [5.74, 6) is 0. The number of nitrogens with two attached hydrogens (primary N) is 2. The van der Waals surface area contributed by atoms with Gasteiger partial charge in [-0.2, -0.15) is 0 Å². The van der Waals surface area contributed by atoms with Crippen LogP contribution < -0.4 is 10.3 Å². The predicted octanol–water partition coefficient (Wildman–Crippen LogP) is -2.27. The van der Waals surface area contributed by atoms with E-state index >= 15 is 0 Å². The Morgan fingerprint density at radius 1 is 0.900 bits per heavy atom. The molecule has 0 aliphatic heterocycles. The fraction of sp³-hybridized carbons (Fsp3) is 1.00. The zero-order valence-corrected chi connectivity index (χ0v) is 7.36. The second-order valence-electron chi connectivity index (χ2n) is 1.05. The van der Waals surface area contributed by atoms with E-state index in [-0.39, 0.29) is 7.43 Å². The van der Waals surface area contributed by atoms with E-state index in [9.17, 15) is 16.8 Å². The standard InChI is InChI=1S/CH4.H4N2O4S2Se/c;1-7(3,4)9-8(2,5)6/h1H4;(H2,1,3,4)(H2,2,5,6). The van der Waals surface area contributed by atoms with E-state index in [0.29, 0.717) is 0 Å². The molecule has 0 atom stereocenters. The molecule has 0 saturated heterocycles. The molecule has 0 bridgehead atoms. The van der Waals surface area contributed by atoms with Crippen molar-refractivity contribution in [2.24, 2.45) is 10.3 Å². The predicted molar refractivity (Wildman–Crippen MR) is 38.7 cm³/mol.